The van der Waals surface area contributed by atoms with E-state index in [9.17, 15) is 4.79 Å². The van der Waals surface area contributed by atoms with E-state index >= 15 is 0 Å². The van der Waals surface area contributed by atoms with E-state index in [4.69, 9.17) is 5.73 Å². The van der Waals surface area contributed by atoms with Crippen molar-refractivity contribution < 1.29 is 4.79 Å². The quantitative estimate of drug-likeness (QED) is 0.879. The molecule has 0 fully saturated rings. The van der Waals surface area contributed by atoms with Crippen LogP contribution in [0, 0.1) is 0 Å². The van der Waals surface area contributed by atoms with Gasteiger partial charge in [-0.1, -0.05) is 34.1 Å². The van der Waals surface area contributed by atoms with Gasteiger partial charge < -0.3 is 11.1 Å². The minimum Gasteiger partial charge on any atom is -0.350 e. The lowest BCUT2D eigenvalue weighted by Gasteiger charge is -2.15. The predicted molar refractivity (Wildman–Crippen MR) is 64.4 cm³/mol. The molecule has 15 heavy (non-hydrogen) atoms. The minimum absolute atomic E-state index is 0.000347. The lowest BCUT2D eigenvalue weighted by atomic mass is 10.1. The van der Waals surface area contributed by atoms with E-state index in [1.54, 1.807) is 0 Å². The SMILES string of the molecule is CC(NC(=O)CCN)c1ccccc1Br. The number of carbonyl (C=O) groups excluding carboxylic acids is 1. The van der Waals surface area contributed by atoms with Gasteiger partial charge in [0.2, 0.25) is 5.91 Å². The first-order valence-electron chi connectivity index (χ1n) is 4.89. The Balaban J connectivity index is 2.65. The van der Waals surface area contributed by atoms with Crippen LogP contribution in [0.15, 0.2) is 28.7 Å². The lowest BCUT2D eigenvalue weighted by molar-refractivity contribution is -0.121. The fraction of sp³-hybridized carbons (Fsp3) is 0.364. The summed E-state index contributed by atoms with van der Waals surface area (Å²) in [6, 6.07) is 7.84. The molecular weight excluding hydrogens is 256 g/mol. The van der Waals surface area contributed by atoms with Crippen molar-refractivity contribution in [2.45, 2.75) is 19.4 Å². The number of hydrogen-bond acceptors (Lipinski definition) is 2. The van der Waals surface area contributed by atoms with Gasteiger partial charge in [-0.25, -0.2) is 0 Å². The summed E-state index contributed by atoms with van der Waals surface area (Å²) in [5, 5.41) is 2.89. The minimum atomic E-state index is -0.0132. The van der Waals surface area contributed by atoms with Crippen LogP contribution < -0.4 is 11.1 Å². The first-order chi connectivity index (χ1) is 7.15. The molecule has 1 unspecified atom stereocenters. The number of nitrogens with one attached hydrogen (secondary N) is 1. The molecule has 0 saturated carbocycles. The second-order valence-electron chi connectivity index (χ2n) is 3.35. The average molecular weight is 271 g/mol. The third kappa shape index (κ3) is 3.64. The van der Waals surface area contributed by atoms with Crippen molar-refractivity contribution in [1.82, 2.24) is 5.32 Å². The van der Waals surface area contributed by atoms with Gasteiger partial charge in [0.15, 0.2) is 0 Å². The first kappa shape index (κ1) is 12.2. The smallest absolute Gasteiger partial charge is 0.221 e. The van der Waals surface area contributed by atoms with E-state index in [0.29, 0.717) is 13.0 Å². The van der Waals surface area contributed by atoms with Crippen molar-refractivity contribution in [3.05, 3.63) is 34.3 Å². The van der Waals surface area contributed by atoms with Gasteiger partial charge in [-0.3, -0.25) is 4.79 Å². The molecule has 1 rings (SSSR count). The van der Waals surface area contributed by atoms with Crippen molar-refractivity contribution in [3.63, 3.8) is 0 Å². The molecule has 1 aromatic carbocycles. The van der Waals surface area contributed by atoms with E-state index in [1.165, 1.54) is 0 Å². The summed E-state index contributed by atoms with van der Waals surface area (Å²) in [5.41, 5.74) is 6.38. The molecule has 3 N–H and O–H groups in total. The molecule has 0 aliphatic rings. The third-order valence-electron chi connectivity index (χ3n) is 2.12. The summed E-state index contributed by atoms with van der Waals surface area (Å²) in [6.45, 7) is 2.34. The molecule has 0 heterocycles. The Morgan fingerprint density at radius 2 is 2.20 bits per heavy atom. The van der Waals surface area contributed by atoms with E-state index in [-0.39, 0.29) is 11.9 Å². The standard InChI is InChI=1S/C11H15BrN2O/c1-8(14-11(15)6-7-13)9-4-2-3-5-10(9)12/h2-5,8H,6-7,13H2,1H3,(H,14,15). The number of carbonyl (C=O) groups is 1. The van der Waals surface area contributed by atoms with Gasteiger partial charge in [-0.15, -0.1) is 0 Å². The number of hydrogen-bond donors (Lipinski definition) is 2. The number of benzene rings is 1. The topological polar surface area (TPSA) is 55.1 Å². The molecule has 0 bridgehead atoms. The van der Waals surface area contributed by atoms with Crippen LogP contribution in [0.1, 0.15) is 24.9 Å². The number of halogens is 1. The van der Waals surface area contributed by atoms with Crippen LogP contribution in [0.25, 0.3) is 0 Å². The van der Waals surface area contributed by atoms with Crippen molar-refractivity contribution >= 4 is 21.8 Å². The van der Waals surface area contributed by atoms with Crippen molar-refractivity contribution in [1.29, 1.82) is 0 Å². The summed E-state index contributed by atoms with van der Waals surface area (Å²) in [4.78, 5) is 11.3. The normalized spacial score (nSPS) is 12.2. The summed E-state index contributed by atoms with van der Waals surface area (Å²) >= 11 is 3.45. The second kappa shape index (κ2) is 5.88. The maximum atomic E-state index is 11.3. The molecule has 0 saturated heterocycles. The van der Waals surface area contributed by atoms with Gasteiger partial charge in [0, 0.05) is 17.4 Å². The Kier molecular flexibility index (Phi) is 4.78. The predicted octanol–water partition coefficient (Wildman–Crippen LogP) is 1.98. The Labute approximate surface area is 98.2 Å². The highest BCUT2D eigenvalue weighted by Crippen LogP contribution is 2.22. The number of rotatable bonds is 4. The zero-order chi connectivity index (χ0) is 11.3. The van der Waals surface area contributed by atoms with Crippen LogP contribution in [0.5, 0.6) is 0 Å². The molecule has 0 spiro atoms. The Hall–Kier alpha value is -0.870. The Morgan fingerprint density at radius 3 is 2.80 bits per heavy atom. The van der Waals surface area contributed by atoms with Crippen LogP contribution in [-0.2, 0) is 4.79 Å². The van der Waals surface area contributed by atoms with Gasteiger partial charge in [-0.05, 0) is 18.6 Å². The molecule has 0 aliphatic heterocycles. The van der Waals surface area contributed by atoms with Crippen LogP contribution in [0.2, 0.25) is 0 Å². The molecule has 0 radical (unpaired) electrons. The summed E-state index contributed by atoms with van der Waals surface area (Å²) in [7, 11) is 0. The highest BCUT2D eigenvalue weighted by Gasteiger charge is 2.10. The highest BCUT2D eigenvalue weighted by atomic mass is 79.9. The van der Waals surface area contributed by atoms with Crippen LogP contribution in [0.3, 0.4) is 0 Å². The van der Waals surface area contributed by atoms with Crippen LogP contribution in [-0.4, -0.2) is 12.5 Å². The van der Waals surface area contributed by atoms with Gasteiger partial charge >= 0.3 is 0 Å². The highest BCUT2D eigenvalue weighted by molar-refractivity contribution is 9.10. The van der Waals surface area contributed by atoms with Crippen molar-refractivity contribution in [2.75, 3.05) is 6.54 Å². The molecule has 0 aromatic heterocycles. The molecule has 1 amide bonds. The average Bonchev–Trinajstić information content (AvgIpc) is 2.18. The first-order valence-corrected chi connectivity index (χ1v) is 5.68. The Morgan fingerprint density at radius 1 is 1.53 bits per heavy atom. The van der Waals surface area contributed by atoms with Gasteiger partial charge in [-0.2, -0.15) is 0 Å². The molecule has 1 atom stereocenters. The second-order valence-corrected chi connectivity index (χ2v) is 4.20. The van der Waals surface area contributed by atoms with Crippen LogP contribution in [0.4, 0.5) is 0 Å². The number of nitrogens with two attached hydrogens (primary N) is 1. The van der Waals surface area contributed by atoms with E-state index in [0.717, 1.165) is 10.0 Å². The van der Waals surface area contributed by atoms with Crippen molar-refractivity contribution in [3.8, 4) is 0 Å². The van der Waals surface area contributed by atoms with Gasteiger partial charge in [0.1, 0.15) is 0 Å². The third-order valence-corrected chi connectivity index (χ3v) is 2.84. The zero-order valence-corrected chi connectivity index (χ0v) is 10.3. The fourth-order valence-corrected chi connectivity index (χ4v) is 1.98. The molecule has 4 heteroatoms. The van der Waals surface area contributed by atoms with E-state index in [1.807, 2.05) is 31.2 Å². The maximum Gasteiger partial charge on any atom is 0.221 e. The zero-order valence-electron chi connectivity index (χ0n) is 8.66. The largest absolute Gasteiger partial charge is 0.350 e. The Bertz CT molecular complexity index is 341. The summed E-state index contributed by atoms with van der Waals surface area (Å²) in [5.74, 6) is -0.0132. The van der Waals surface area contributed by atoms with Crippen molar-refractivity contribution in [2.24, 2.45) is 5.73 Å². The summed E-state index contributed by atoms with van der Waals surface area (Å²) in [6.07, 6.45) is 0.370. The fourth-order valence-electron chi connectivity index (χ4n) is 1.35. The molecular formula is C11H15BrN2O. The van der Waals surface area contributed by atoms with Crippen LogP contribution >= 0.6 is 15.9 Å². The lowest BCUT2D eigenvalue weighted by Crippen LogP contribution is -2.28. The molecule has 1 aromatic rings. The van der Waals surface area contributed by atoms with Gasteiger partial charge in [0.05, 0.1) is 6.04 Å². The summed E-state index contributed by atoms with van der Waals surface area (Å²) < 4.78 is 1.01. The van der Waals surface area contributed by atoms with E-state index < -0.39 is 0 Å². The monoisotopic (exact) mass is 270 g/mol. The maximum absolute atomic E-state index is 11.3. The molecule has 82 valence electrons. The van der Waals surface area contributed by atoms with E-state index in [2.05, 4.69) is 21.2 Å². The van der Waals surface area contributed by atoms with Gasteiger partial charge in [0.25, 0.3) is 0 Å². The molecule has 3 nitrogen and oxygen atoms in total. The number of amides is 1. The molecule has 0 aliphatic carbocycles.